The van der Waals surface area contributed by atoms with Gasteiger partial charge in [0.2, 0.25) is 0 Å². The van der Waals surface area contributed by atoms with Gasteiger partial charge in [0.15, 0.2) is 0 Å². The average Bonchev–Trinajstić information content (AvgIpc) is 2.50. The third-order valence-electron chi connectivity index (χ3n) is 3.24. The molecule has 0 saturated heterocycles. The number of hydrogen-bond acceptors (Lipinski definition) is 2. The van der Waals surface area contributed by atoms with Crippen molar-refractivity contribution in [3.8, 4) is 22.4 Å². The molecule has 0 radical (unpaired) electrons. The maximum atomic E-state index is 12.0. The van der Waals surface area contributed by atoms with Crippen LogP contribution in [0, 0.1) is 6.92 Å². The van der Waals surface area contributed by atoms with Crippen molar-refractivity contribution >= 4 is 0 Å². The number of aryl methyl sites for hydroxylation is 1. The van der Waals surface area contributed by atoms with Gasteiger partial charge in [-0.25, -0.2) is 5.10 Å². The van der Waals surface area contributed by atoms with Crippen molar-refractivity contribution in [1.29, 1.82) is 0 Å². The molecule has 0 unspecified atom stereocenters. The molecule has 98 valence electrons. The summed E-state index contributed by atoms with van der Waals surface area (Å²) in [5.74, 6) is 0. The van der Waals surface area contributed by atoms with Crippen LogP contribution in [0.1, 0.15) is 5.56 Å². The number of rotatable bonds is 2. The molecule has 3 rings (SSSR count). The minimum atomic E-state index is -0.173. The molecule has 1 heterocycles. The minimum Gasteiger partial charge on any atom is -0.267 e. The summed E-state index contributed by atoms with van der Waals surface area (Å²) in [6, 6.07) is 19.5. The van der Waals surface area contributed by atoms with Gasteiger partial charge in [-0.3, -0.25) is 4.79 Å². The molecule has 0 aliphatic carbocycles. The van der Waals surface area contributed by atoms with Gasteiger partial charge in [-0.05, 0) is 18.6 Å². The van der Waals surface area contributed by atoms with Gasteiger partial charge in [0.05, 0.1) is 11.3 Å². The van der Waals surface area contributed by atoms with E-state index in [-0.39, 0.29) is 5.56 Å². The Morgan fingerprint density at radius 1 is 0.900 bits per heavy atom. The molecule has 0 atom stereocenters. The Morgan fingerprint density at radius 3 is 2.30 bits per heavy atom. The number of benzene rings is 2. The predicted octanol–water partition coefficient (Wildman–Crippen LogP) is 3.41. The van der Waals surface area contributed by atoms with Crippen molar-refractivity contribution < 1.29 is 0 Å². The van der Waals surface area contributed by atoms with Gasteiger partial charge in [-0.1, -0.05) is 60.2 Å². The highest BCUT2D eigenvalue weighted by atomic mass is 16.1. The van der Waals surface area contributed by atoms with Crippen molar-refractivity contribution in [2.45, 2.75) is 6.92 Å². The lowest BCUT2D eigenvalue weighted by atomic mass is 10.0. The Morgan fingerprint density at radius 2 is 1.60 bits per heavy atom. The number of nitrogens with zero attached hydrogens (tertiary/aromatic N) is 1. The van der Waals surface area contributed by atoms with E-state index >= 15 is 0 Å². The second kappa shape index (κ2) is 5.13. The zero-order valence-electron chi connectivity index (χ0n) is 11.1. The molecule has 0 spiro atoms. The molecule has 20 heavy (non-hydrogen) atoms. The van der Waals surface area contributed by atoms with E-state index in [0.717, 1.165) is 16.8 Å². The van der Waals surface area contributed by atoms with Crippen LogP contribution in [-0.2, 0) is 0 Å². The SMILES string of the molecule is Cc1ccc(-c2cc(-c3ccccc3)n[nH]c2=O)cc1. The van der Waals surface area contributed by atoms with Crippen LogP contribution in [0.2, 0.25) is 0 Å². The first-order valence-electron chi connectivity index (χ1n) is 6.46. The normalized spacial score (nSPS) is 10.4. The second-order valence-corrected chi connectivity index (χ2v) is 4.73. The van der Waals surface area contributed by atoms with Gasteiger partial charge in [-0.15, -0.1) is 0 Å². The first-order valence-corrected chi connectivity index (χ1v) is 6.46. The van der Waals surface area contributed by atoms with Crippen LogP contribution >= 0.6 is 0 Å². The Labute approximate surface area is 116 Å². The first kappa shape index (κ1) is 12.4. The van der Waals surface area contributed by atoms with E-state index in [4.69, 9.17) is 0 Å². The van der Waals surface area contributed by atoms with E-state index in [1.54, 1.807) is 0 Å². The Bertz CT molecular complexity index is 774. The number of H-pyrrole nitrogens is 1. The predicted molar refractivity (Wildman–Crippen MR) is 80.5 cm³/mol. The molecule has 1 aromatic heterocycles. The maximum Gasteiger partial charge on any atom is 0.272 e. The summed E-state index contributed by atoms with van der Waals surface area (Å²) in [7, 11) is 0. The second-order valence-electron chi connectivity index (χ2n) is 4.73. The fourth-order valence-electron chi connectivity index (χ4n) is 2.11. The van der Waals surface area contributed by atoms with Crippen molar-refractivity contribution in [1.82, 2.24) is 10.2 Å². The van der Waals surface area contributed by atoms with E-state index in [0.29, 0.717) is 5.56 Å². The van der Waals surface area contributed by atoms with Crippen LogP contribution in [0.3, 0.4) is 0 Å². The monoisotopic (exact) mass is 262 g/mol. The van der Waals surface area contributed by atoms with Crippen LogP contribution in [0.4, 0.5) is 0 Å². The summed E-state index contributed by atoms with van der Waals surface area (Å²) in [4.78, 5) is 12.0. The molecule has 0 bridgehead atoms. The highest BCUT2D eigenvalue weighted by Crippen LogP contribution is 2.21. The van der Waals surface area contributed by atoms with Gasteiger partial charge in [0.25, 0.3) is 5.56 Å². The molecule has 2 aromatic carbocycles. The summed E-state index contributed by atoms with van der Waals surface area (Å²) in [6.07, 6.45) is 0. The molecular weight excluding hydrogens is 248 g/mol. The van der Waals surface area contributed by atoms with Gasteiger partial charge in [-0.2, -0.15) is 5.10 Å². The van der Waals surface area contributed by atoms with E-state index in [2.05, 4.69) is 10.2 Å². The van der Waals surface area contributed by atoms with Crippen LogP contribution in [0.5, 0.6) is 0 Å². The lowest BCUT2D eigenvalue weighted by Crippen LogP contribution is -2.11. The summed E-state index contributed by atoms with van der Waals surface area (Å²) in [5, 5.41) is 6.69. The first-order chi connectivity index (χ1) is 9.74. The van der Waals surface area contributed by atoms with E-state index in [1.807, 2.05) is 67.6 Å². The van der Waals surface area contributed by atoms with E-state index in [9.17, 15) is 4.79 Å². The zero-order valence-corrected chi connectivity index (χ0v) is 11.1. The van der Waals surface area contributed by atoms with Crippen LogP contribution in [-0.4, -0.2) is 10.2 Å². The van der Waals surface area contributed by atoms with Crippen LogP contribution < -0.4 is 5.56 Å². The topological polar surface area (TPSA) is 45.8 Å². The molecule has 0 saturated carbocycles. The highest BCUT2D eigenvalue weighted by molar-refractivity contribution is 5.69. The van der Waals surface area contributed by atoms with Crippen molar-refractivity contribution in [2.24, 2.45) is 0 Å². The molecule has 3 nitrogen and oxygen atoms in total. The average molecular weight is 262 g/mol. The number of nitrogens with one attached hydrogen (secondary N) is 1. The molecule has 1 N–H and O–H groups in total. The van der Waals surface area contributed by atoms with Gasteiger partial charge >= 0.3 is 0 Å². The lowest BCUT2D eigenvalue weighted by molar-refractivity contribution is 0.998. The maximum absolute atomic E-state index is 12.0. The Hall–Kier alpha value is -2.68. The molecule has 0 aliphatic heterocycles. The summed E-state index contributed by atoms with van der Waals surface area (Å²) >= 11 is 0. The van der Waals surface area contributed by atoms with Crippen molar-refractivity contribution in [2.75, 3.05) is 0 Å². The Balaban J connectivity index is 2.12. The van der Waals surface area contributed by atoms with Crippen LogP contribution in [0.25, 0.3) is 22.4 Å². The third-order valence-corrected chi connectivity index (χ3v) is 3.24. The van der Waals surface area contributed by atoms with E-state index in [1.165, 1.54) is 5.56 Å². The molecule has 3 heteroatoms. The largest absolute Gasteiger partial charge is 0.272 e. The molecule has 0 amide bonds. The highest BCUT2D eigenvalue weighted by Gasteiger charge is 2.07. The summed E-state index contributed by atoms with van der Waals surface area (Å²) in [6.45, 7) is 2.02. The van der Waals surface area contributed by atoms with Gasteiger partial charge in [0.1, 0.15) is 0 Å². The van der Waals surface area contributed by atoms with Crippen LogP contribution in [0.15, 0.2) is 65.5 Å². The smallest absolute Gasteiger partial charge is 0.267 e. The summed E-state index contributed by atoms with van der Waals surface area (Å²) in [5.41, 5.74) is 4.28. The number of hydrogen-bond donors (Lipinski definition) is 1. The van der Waals surface area contributed by atoms with Gasteiger partial charge < -0.3 is 0 Å². The fourth-order valence-corrected chi connectivity index (χ4v) is 2.11. The third kappa shape index (κ3) is 2.38. The number of aromatic amines is 1. The Kier molecular flexibility index (Phi) is 3.17. The quantitative estimate of drug-likeness (QED) is 0.769. The fraction of sp³-hybridized carbons (Fsp3) is 0.0588. The standard InChI is InChI=1S/C17H14N2O/c1-12-7-9-13(10-8-12)15-11-16(18-19-17(15)20)14-5-3-2-4-6-14/h2-11H,1H3,(H,19,20). The van der Waals surface area contributed by atoms with Gasteiger partial charge in [0, 0.05) is 5.56 Å². The van der Waals surface area contributed by atoms with E-state index < -0.39 is 0 Å². The lowest BCUT2D eigenvalue weighted by Gasteiger charge is -2.04. The molecule has 0 aliphatic rings. The molecule has 3 aromatic rings. The van der Waals surface area contributed by atoms with Crippen molar-refractivity contribution in [3.63, 3.8) is 0 Å². The van der Waals surface area contributed by atoms with Crippen molar-refractivity contribution in [3.05, 3.63) is 76.6 Å². The minimum absolute atomic E-state index is 0.173. The summed E-state index contributed by atoms with van der Waals surface area (Å²) < 4.78 is 0. The molecular formula is C17H14N2O. The zero-order chi connectivity index (χ0) is 13.9. The number of aromatic nitrogens is 2. The molecule has 0 fully saturated rings.